The van der Waals surface area contributed by atoms with Crippen LogP contribution in [0, 0.1) is 23.2 Å². The van der Waals surface area contributed by atoms with E-state index in [1.165, 1.54) is 38.5 Å². The van der Waals surface area contributed by atoms with Crippen LogP contribution in [0.2, 0.25) is 0 Å². The predicted octanol–water partition coefficient (Wildman–Crippen LogP) is 7.59. The number of fused-ring (bicyclic) bond motifs is 3. The van der Waals surface area contributed by atoms with Gasteiger partial charge in [0.2, 0.25) is 0 Å². The highest BCUT2D eigenvalue weighted by molar-refractivity contribution is 7.63. The van der Waals surface area contributed by atoms with Crippen molar-refractivity contribution in [2.45, 2.75) is 121 Å². The Kier molecular flexibility index (Phi) is 4.06. The third-order valence-electron chi connectivity index (χ3n) is 8.92. The molecular formula is C23H41P. The van der Waals surface area contributed by atoms with E-state index < -0.39 is 0 Å². The Morgan fingerprint density at radius 3 is 1.88 bits per heavy atom. The molecule has 3 aliphatic carbocycles. The highest BCUT2D eigenvalue weighted by Gasteiger charge is 2.80. The summed E-state index contributed by atoms with van der Waals surface area (Å²) in [5.74, 6) is 3.16. The molecule has 0 radical (unpaired) electrons. The molecule has 24 heavy (non-hydrogen) atoms. The second-order valence-electron chi connectivity index (χ2n) is 11.5. The van der Waals surface area contributed by atoms with E-state index >= 15 is 0 Å². The van der Waals surface area contributed by atoms with Crippen molar-refractivity contribution in [2.75, 3.05) is 0 Å². The third kappa shape index (κ3) is 2.20. The smallest absolute Gasteiger partial charge is 0.00452 e. The van der Waals surface area contributed by atoms with Crippen molar-refractivity contribution in [3.05, 3.63) is 0 Å². The summed E-state index contributed by atoms with van der Waals surface area (Å²) in [6.45, 7) is 15.9. The molecule has 1 heterocycles. The SMILES string of the molecule is CC(C)(C)P1C(C)(C)C2CCCCC2C2(C3CCCCC3)CC12C. The van der Waals surface area contributed by atoms with Crippen LogP contribution in [0.5, 0.6) is 0 Å². The maximum Gasteiger partial charge on any atom is -0.00452 e. The molecule has 5 atom stereocenters. The van der Waals surface area contributed by atoms with Gasteiger partial charge in [0.1, 0.15) is 0 Å². The standard InChI is InChI=1S/C23H41P/c1-20(2,3)24-21(4,5)18-14-10-11-15-19(18)23(16-22(23,24)6)17-12-8-7-9-13-17/h17-19H,7-16H2,1-6H3. The Balaban J connectivity index is 1.80. The molecule has 0 nitrogen and oxygen atoms in total. The van der Waals surface area contributed by atoms with Gasteiger partial charge in [-0.15, -0.1) is 0 Å². The molecule has 4 aliphatic rings. The molecule has 1 saturated heterocycles. The van der Waals surface area contributed by atoms with Crippen LogP contribution >= 0.6 is 7.92 Å². The van der Waals surface area contributed by atoms with E-state index in [9.17, 15) is 0 Å². The first-order chi connectivity index (χ1) is 11.2. The topological polar surface area (TPSA) is 0 Å². The summed E-state index contributed by atoms with van der Waals surface area (Å²) in [5, 5.41) is 1.78. The fourth-order valence-electron chi connectivity index (χ4n) is 8.85. The van der Waals surface area contributed by atoms with Gasteiger partial charge >= 0.3 is 0 Å². The summed E-state index contributed by atoms with van der Waals surface area (Å²) in [7, 11) is 0.0578. The van der Waals surface area contributed by atoms with Crippen LogP contribution < -0.4 is 0 Å². The molecule has 1 heteroatoms. The van der Waals surface area contributed by atoms with E-state index in [-0.39, 0.29) is 7.92 Å². The van der Waals surface area contributed by atoms with Crippen LogP contribution in [-0.4, -0.2) is 15.5 Å². The quantitative estimate of drug-likeness (QED) is 0.428. The van der Waals surface area contributed by atoms with E-state index in [4.69, 9.17) is 0 Å². The van der Waals surface area contributed by atoms with Gasteiger partial charge in [0, 0.05) is 0 Å². The highest BCUT2D eigenvalue weighted by Crippen LogP contribution is 2.92. The molecule has 3 saturated carbocycles. The first-order valence-corrected chi connectivity index (χ1v) is 12.3. The van der Waals surface area contributed by atoms with Crippen LogP contribution in [0.25, 0.3) is 0 Å². The summed E-state index contributed by atoms with van der Waals surface area (Å²) in [5.41, 5.74) is 0.757. The molecule has 0 amide bonds. The molecule has 138 valence electrons. The van der Waals surface area contributed by atoms with E-state index in [0.717, 1.165) is 23.2 Å². The van der Waals surface area contributed by atoms with Crippen LogP contribution in [0.3, 0.4) is 0 Å². The van der Waals surface area contributed by atoms with Crippen LogP contribution in [0.15, 0.2) is 0 Å². The minimum atomic E-state index is 0.0578. The Morgan fingerprint density at radius 1 is 0.750 bits per heavy atom. The summed E-state index contributed by atoms with van der Waals surface area (Å²) in [6.07, 6.45) is 15.4. The van der Waals surface area contributed by atoms with Gasteiger partial charge in [-0.05, 0) is 70.7 Å². The zero-order valence-electron chi connectivity index (χ0n) is 17.3. The average Bonchev–Trinajstić information content (AvgIpc) is 3.14. The number of hydrogen-bond donors (Lipinski definition) is 0. The molecule has 0 spiro atoms. The second-order valence-corrected chi connectivity index (χ2v) is 15.6. The molecule has 0 N–H and O–H groups in total. The van der Waals surface area contributed by atoms with Crippen molar-refractivity contribution in [1.29, 1.82) is 0 Å². The zero-order chi connectivity index (χ0) is 17.4. The molecule has 0 aromatic heterocycles. The normalized spacial score (nSPS) is 48.5. The largest absolute Gasteiger partial charge is 0.0884 e. The Morgan fingerprint density at radius 2 is 1.29 bits per heavy atom. The van der Waals surface area contributed by atoms with Crippen molar-refractivity contribution in [1.82, 2.24) is 0 Å². The molecule has 0 bridgehead atoms. The maximum atomic E-state index is 2.77. The Hall–Kier alpha value is 0.430. The van der Waals surface area contributed by atoms with E-state index in [1.54, 1.807) is 25.7 Å². The van der Waals surface area contributed by atoms with Crippen LogP contribution in [-0.2, 0) is 0 Å². The number of rotatable bonds is 1. The van der Waals surface area contributed by atoms with Crippen LogP contribution in [0.4, 0.5) is 0 Å². The summed E-state index contributed by atoms with van der Waals surface area (Å²) >= 11 is 0. The van der Waals surface area contributed by atoms with Crippen molar-refractivity contribution < 1.29 is 0 Å². The van der Waals surface area contributed by atoms with E-state index in [0.29, 0.717) is 15.5 Å². The van der Waals surface area contributed by atoms with Gasteiger partial charge in [0.25, 0.3) is 0 Å². The van der Waals surface area contributed by atoms with Crippen molar-refractivity contribution in [3.63, 3.8) is 0 Å². The fourth-order valence-corrected chi connectivity index (χ4v) is 15.2. The lowest BCUT2D eigenvalue weighted by molar-refractivity contribution is 0.0405. The minimum Gasteiger partial charge on any atom is -0.0884 e. The molecule has 4 rings (SSSR count). The Labute approximate surface area is 152 Å². The lowest BCUT2D eigenvalue weighted by Gasteiger charge is -2.62. The van der Waals surface area contributed by atoms with Crippen molar-refractivity contribution >= 4 is 7.92 Å². The van der Waals surface area contributed by atoms with Gasteiger partial charge in [-0.1, -0.05) is 81.6 Å². The molecule has 4 fully saturated rings. The summed E-state index contributed by atoms with van der Waals surface area (Å²) in [4.78, 5) is 0. The first kappa shape index (κ1) is 17.8. The van der Waals surface area contributed by atoms with E-state index in [2.05, 4.69) is 41.5 Å². The second kappa shape index (κ2) is 5.47. The predicted molar refractivity (Wildman–Crippen MR) is 108 cm³/mol. The monoisotopic (exact) mass is 348 g/mol. The molecular weight excluding hydrogens is 307 g/mol. The molecule has 1 aliphatic heterocycles. The zero-order valence-corrected chi connectivity index (χ0v) is 18.1. The Bertz CT molecular complexity index is 495. The fraction of sp³-hybridized carbons (Fsp3) is 1.00. The lowest BCUT2D eigenvalue weighted by atomic mass is 9.59. The summed E-state index contributed by atoms with van der Waals surface area (Å²) < 4.78 is 0. The van der Waals surface area contributed by atoms with Gasteiger partial charge < -0.3 is 0 Å². The molecule has 0 aromatic rings. The molecule has 5 unspecified atom stereocenters. The van der Waals surface area contributed by atoms with Gasteiger partial charge in [-0.2, -0.15) is 0 Å². The van der Waals surface area contributed by atoms with Gasteiger partial charge in [0.05, 0.1) is 0 Å². The average molecular weight is 349 g/mol. The van der Waals surface area contributed by atoms with Gasteiger partial charge in [0.15, 0.2) is 0 Å². The summed E-state index contributed by atoms with van der Waals surface area (Å²) in [6, 6.07) is 0. The highest BCUT2D eigenvalue weighted by atomic mass is 31.1. The van der Waals surface area contributed by atoms with Gasteiger partial charge in [-0.3, -0.25) is 0 Å². The minimum absolute atomic E-state index is 0.0578. The maximum absolute atomic E-state index is 2.77. The van der Waals surface area contributed by atoms with Crippen molar-refractivity contribution in [3.8, 4) is 0 Å². The van der Waals surface area contributed by atoms with Crippen molar-refractivity contribution in [2.24, 2.45) is 23.2 Å². The lowest BCUT2D eigenvalue weighted by Crippen LogP contribution is -2.54. The third-order valence-corrected chi connectivity index (χ3v) is 13.3. The van der Waals surface area contributed by atoms with Crippen LogP contribution in [0.1, 0.15) is 106 Å². The first-order valence-electron chi connectivity index (χ1n) is 11.0. The molecule has 0 aromatic carbocycles. The number of hydrogen-bond acceptors (Lipinski definition) is 0. The van der Waals surface area contributed by atoms with Gasteiger partial charge in [-0.25, -0.2) is 0 Å². The van der Waals surface area contributed by atoms with E-state index in [1.807, 2.05) is 0 Å².